The third kappa shape index (κ3) is 2.98. The predicted octanol–water partition coefficient (Wildman–Crippen LogP) is 4.74. The van der Waals surface area contributed by atoms with Gasteiger partial charge in [0.05, 0.1) is 0 Å². The molecule has 0 saturated carbocycles. The van der Waals surface area contributed by atoms with Crippen LogP contribution in [-0.4, -0.2) is 4.98 Å². The monoisotopic (exact) mass is 253 g/mol. The number of aromatic nitrogens is 1. The Balaban J connectivity index is 2.26. The first-order chi connectivity index (χ1) is 9.06. The average molecular weight is 253 g/mol. The van der Waals surface area contributed by atoms with Crippen LogP contribution in [0.2, 0.25) is 0 Å². The number of aryl methyl sites for hydroxylation is 1. The highest BCUT2D eigenvalue weighted by molar-refractivity contribution is 5.53. The summed E-state index contributed by atoms with van der Waals surface area (Å²) >= 11 is 0. The summed E-state index contributed by atoms with van der Waals surface area (Å²) < 4.78 is 0. The van der Waals surface area contributed by atoms with Gasteiger partial charge in [0, 0.05) is 12.4 Å². The third-order valence-corrected chi connectivity index (χ3v) is 3.83. The van der Waals surface area contributed by atoms with Crippen LogP contribution >= 0.6 is 0 Å². The van der Waals surface area contributed by atoms with Gasteiger partial charge < -0.3 is 4.98 Å². The van der Waals surface area contributed by atoms with Crippen molar-refractivity contribution in [1.82, 2.24) is 4.98 Å². The molecule has 19 heavy (non-hydrogen) atoms. The molecule has 0 spiro atoms. The van der Waals surface area contributed by atoms with Crippen molar-refractivity contribution in [2.75, 3.05) is 0 Å². The van der Waals surface area contributed by atoms with Crippen LogP contribution < -0.4 is 0 Å². The predicted molar refractivity (Wildman–Crippen MR) is 83.4 cm³/mol. The molecule has 0 aliphatic heterocycles. The Kier molecular flexibility index (Phi) is 3.94. The molecule has 0 aliphatic carbocycles. The molecule has 1 heteroatoms. The molecule has 2 aromatic rings. The number of hydrogen-bond acceptors (Lipinski definition) is 0. The lowest BCUT2D eigenvalue weighted by atomic mass is 9.80. The van der Waals surface area contributed by atoms with E-state index >= 15 is 0 Å². The third-order valence-electron chi connectivity index (χ3n) is 3.83. The summed E-state index contributed by atoms with van der Waals surface area (Å²) in [6.07, 6.45) is 8.14. The van der Waals surface area contributed by atoms with Crippen molar-refractivity contribution in [3.05, 3.63) is 65.5 Å². The van der Waals surface area contributed by atoms with Gasteiger partial charge in [-0.05, 0) is 46.6 Å². The molecular weight excluding hydrogens is 230 g/mol. The van der Waals surface area contributed by atoms with Crippen molar-refractivity contribution in [3.63, 3.8) is 0 Å². The molecule has 1 heterocycles. The lowest BCUT2D eigenvalue weighted by Crippen LogP contribution is -2.19. The molecule has 1 aromatic carbocycles. The molecule has 1 aromatic heterocycles. The van der Waals surface area contributed by atoms with Crippen molar-refractivity contribution >= 4 is 6.08 Å². The summed E-state index contributed by atoms with van der Waals surface area (Å²) in [6, 6.07) is 8.91. The Morgan fingerprint density at radius 1 is 1.26 bits per heavy atom. The fourth-order valence-corrected chi connectivity index (χ4v) is 2.63. The van der Waals surface area contributed by atoms with Crippen molar-refractivity contribution < 1.29 is 0 Å². The molecule has 0 saturated heterocycles. The van der Waals surface area contributed by atoms with E-state index in [0.717, 1.165) is 12.8 Å². The minimum absolute atomic E-state index is 0.153. The molecule has 0 atom stereocenters. The molecule has 0 unspecified atom stereocenters. The van der Waals surface area contributed by atoms with Crippen LogP contribution in [-0.2, 0) is 18.3 Å². The molecule has 1 nitrogen and oxygen atoms in total. The molecular formula is C18H23N. The molecule has 0 amide bonds. The van der Waals surface area contributed by atoms with Gasteiger partial charge >= 0.3 is 0 Å². The van der Waals surface area contributed by atoms with Gasteiger partial charge in [0.2, 0.25) is 0 Å². The summed E-state index contributed by atoms with van der Waals surface area (Å²) in [4.78, 5) is 3.15. The van der Waals surface area contributed by atoms with E-state index in [1.54, 1.807) is 0 Å². The lowest BCUT2D eigenvalue weighted by Gasteiger charge is -2.24. The van der Waals surface area contributed by atoms with Gasteiger partial charge in [0.25, 0.3) is 0 Å². The molecule has 2 rings (SSSR count). The zero-order chi connectivity index (χ0) is 13.9. The minimum Gasteiger partial charge on any atom is -0.367 e. The van der Waals surface area contributed by atoms with Gasteiger partial charge in [-0.25, -0.2) is 0 Å². The van der Waals surface area contributed by atoms with E-state index in [4.69, 9.17) is 0 Å². The maximum Gasteiger partial charge on any atom is 0.00429 e. The smallest absolute Gasteiger partial charge is 0.00429 e. The van der Waals surface area contributed by atoms with Crippen molar-refractivity contribution in [2.24, 2.45) is 0 Å². The van der Waals surface area contributed by atoms with Crippen LogP contribution in [0.1, 0.15) is 43.0 Å². The normalized spacial score (nSPS) is 11.5. The van der Waals surface area contributed by atoms with Gasteiger partial charge in [-0.1, -0.05) is 51.6 Å². The second-order valence-electron chi connectivity index (χ2n) is 5.75. The Bertz CT molecular complexity index is 547. The van der Waals surface area contributed by atoms with E-state index in [-0.39, 0.29) is 5.41 Å². The first kappa shape index (κ1) is 13.7. The van der Waals surface area contributed by atoms with E-state index in [1.165, 1.54) is 22.3 Å². The van der Waals surface area contributed by atoms with E-state index in [1.807, 2.05) is 12.3 Å². The van der Waals surface area contributed by atoms with E-state index in [9.17, 15) is 0 Å². The zero-order valence-electron chi connectivity index (χ0n) is 12.2. The maximum absolute atomic E-state index is 3.88. The SMILES string of the molecule is C=Cc1ccc(CC(C)(C)c2cc[nH]c2)cc1CC. The number of rotatable bonds is 5. The number of benzene rings is 1. The Morgan fingerprint density at radius 3 is 2.63 bits per heavy atom. The second kappa shape index (κ2) is 5.48. The number of H-pyrrole nitrogens is 1. The highest BCUT2D eigenvalue weighted by Gasteiger charge is 2.21. The Labute approximate surface area is 116 Å². The van der Waals surface area contributed by atoms with Gasteiger partial charge in [-0.2, -0.15) is 0 Å². The lowest BCUT2D eigenvalue weighted by molar-refractivity contribution is 0.523. The second-order valence-corrected chi connectivity index (χ2v) is 5.75. The molecule has 100 valence electrons. The van der Waals surface area contributed by atoms with Gasteiger partial charge in [0.1, 0.15) is 0 Å². The number of hydrogen-bond donors (Lipinski definition) is 1. The summed E-state index contributed by atoms with van der Waals surface area (Å²) in [5, 5.41) is 0. The fraction of sp³-hybridized carbons (Fsp3) is 0.333. The van der Waals surface area contributed by atoms with Crippen LogP contribution in [0.4, 0.5) is 0 Å². The van der Waals surface area contributed by atoms with Crippen LogP contribution in [0.5, 0.6) is 0 Å². The summed E-state index contributed by atoms with van der Waals surface area (Å²) in [7, 11) is 0. The van der Waals surface area contributed by atoms with E-state index in [0.29, 0.717) is 0 Å². The summed E-state index contributed by atoms with van der Waals surface area (Å²) in [6.45, 7) is 10.7. The largest absolute Gasteiger partial charge is 0.367 e. The van der Waals surface area contributed by atoms with Crippen LogP contribution in [0, 0.1) is 0 Å². The van der Waals surface area contributed by atoms with Gasteiger partial charge in [-0.15, -0.1) is 0 Å². The summed E-state index contributed by atoms with van der Waals surface area (Å²) in [5.41, 5.74) is 5.55. The summed E-state index contributed by atoms with van der Waals surface area (Å²) in [5.74, 6) is 0. The molecule has 0 fully saturated rings. The highest BCUT2D eigenvalue weighted by Crippen LogP contribution is 2.28. The van der Waals surface area contributed by atoms with Crippen LogP contribution in [0.3, 0.4) is 0 Å². The fourth-order valence-electron chi connectivity index (χ4n) is 2.63. The average Bonchev–Trinajstić information content (AvgIpc) is 2.93. The van der Waals surface area contributed by atoms with Crippen molar-refractivity contribution in [2.45, 2.75) is 39.0 Å². The topological polar surface area (TPSA) is 15.8 Å². The first-order valence-corrected chi connectivity index (χ1v) is 6.94. The van der Waals surface area contributed by atoms with Crippen molar-refractivity contribution in [1.29, 1.82) is 0 Å². The van der Waals surface area contributed by atoms with Crippen LogP contribution in [0.15, 0.2) is 43.2 Å². The first-order valence-electron chi connectivity index (χ1n) is 6.94. The molecule has 0 radical (unpaired) electrons. The minimum atomic E-state index is 0.153. The molecule has 0 bridgehead atoms. The van der Waals surface area contributed by atoms with Crippen molar-refractivity contribution in [3.8, 4) is 0 Å². The van der Waals surface area contributed by atoms with E-state index < -0.39 is 0 Å². The Hall–Kier alpha value is -1.76. The maximum atomic E-state index is 3.88. The molecule has 0 aliphatic rings. The quantitative estimate of drug-likeness (QED) is 0.792. The standard InChI is InChI=1S/C18H23N/c1-5-15-8-7-14(11-16(15)6-2)12-18(3,4)17-9-10-19-13-17/h5,7-11,13,19H,1,6,12H2,2-4H3. The van der Waals surface area contributed by atoms with Gasteiger partial charge in [0.15, 0.2) is 0 Å². The molecule has 1 N–H and O–H groups in total. The number of nitrogens with one attached hydrogen (secondary N) is 1. The van der Waals surface area contributed by atoms with Crippen LogP contribution in [0.25, 0.3) is 6.08 Å². The zero-order valence-corrected chi connectivity index (χ0v) is 12.2. The highest BCUT2D eigenvalue weighted by atomic mass is 14.6. The van der Waals surface area contributed by atoms with E-state index in [2.05, 4.69) is 62.8 Å². The van der Waals surface area contributed by atoms with Gasteiger partial charge in [-0.3, -0.25) is 0 Å². The number of aromatic amines is 1. The Morgan fingerprint density at radius 2 is 2.05 bits per heavy atom.